The number of halogens is 1. The number of benzene rings is 1. The highest BCUT2D eigenvalue weighted by Crippen LogP contribution is 2.28. The summed E-state index contributed by atoms with van der Waals surface area (Å²) in [5.41, 5.74) is 11.6. The lowest BCUT2D eigenvalue weighted by molar-refractivity contribution is -0.119. The fourth-order valence-electron chi connectivity index (χ4n) is 2.23. The van der Waals surface area contributed by atoms with Crippen molar-refractivity contribution in [3.63, 3.8) is 0 Å². The van der Waals surface area contributed by atoms with Gasteiger partial charge in [-0.2, -0.15) is 0 Å². The van der Waals surface area contributed by atoms with Gasteiger partial charge in [0.1, 0.15) is 5.82 Å². The van der Waals surface area contributed by atoms with Gasteiger partial charge in [0.2, 0.25) is 17.7 Å². The number of carbonyl (C=O) groups is 3. The van der Waals surface area contributed by atoms with E-state index in [-0.39, 0.29) is 31.0 Å². The topological polar surface area (TPSA) is 119 Å². The predicted molar refractivity (Wildman–Crippen MR) is 103 cm³/mol. The van der Waals surface area contributed by atoms with Gasteiger partial charge in [-0.25, -0.2) is 9.37 Å². The van der Waals surface area contributed by atoms with E-state index in [0.717, 1.165) is 4.88 Å². The van der Waals surface area contributed by atoms with Crippen LogP contribution >= 0.6 is 23.1 Å². The summed E-state index contributed by atoms with van der Waals surface area (Å²) in [5.74, 6) is -1.59. The summed E-state index contributed by atoms with van der Waals surface area (Å²) >= 11 is 2.54. The van der Waals surface area contributed by atoms with Gasteiger partial charge in [-0.15, -0.1) is 11.3 Å². The molecule has 3 amide bonds. The van der Waals surface area contributed by atoms with E-state index in [1.807, 2.05) is 0 Å². The highest BCUT2D eigenvalue weighted by Gasteiger charge is 2.18. The van der Waals surface area contributed by atoms with Gasteiger partial charge in [0.15, 0.2) is 4.34 Å². The van der Waals surface area contributed by atoms with Crippen molar-refractivity contribution in [2.45, 2.75) is 24.1 Å². The number of primary amides is 2. The Bertz CT molecular complexity index is 839. The molecule has 0 saturated heterocycles. The number of nitrogens with two attached hydrogens (primary N) is 2. The van der Waals surface area contributed by atoms with Crippen LogP contribution in [0.5, 0.6) is 0 Å². The maximum atomic E-state index is 13.1. The minimum Gasteiger partial charge on any atom is -0.370 e. The van der Waals surface area contributed by atoms with Crippen molar-refractivity contribution in [3.05, 3.63) is 40.7 Å². The minimum atomic E-state index is -0.533. The van der Waals surface area contributed by atoms with E-state index in [4.69, 9.17) is 11.5 Å². The number of rotatable bonds is 9. The first-order chi connectivity index (χ1) is 12.8. The molecule has 1 aromatic heterocycles. The third kappa shape index (κ3) is 6.33. The Morgan fingerprint density at radius 3 is 2.44 bits per heavy atom. The van der Waals surface area contributed by atoms with Crippen LogP contribution < -0.4 is 16.4 Å². The Balaban J connectivity index is 2.07. The van der Waals surface area contributed by atoms with Crippen molar-refractivity contribution in [2.24, 2.45) is 11.5 Å². The molecule has 0 unspecified atom stereocenters. The van der Waals surface area contributed by atoms with Crippen LogP contribution in [0.1, 0.15) is 17.0 Å². The van der Waals surface area contributed by atoms with Crippen molar-refractivity contribution >= 4 is 46.5 Å². The number of thiazole rings is 1. The summed E-state index contributed by atoms with van der Waals surface area (Å²) in [6, 6.07) is 5.43. The molecule has 0 spiro atoms. The third-order valence-electron chi connectivity index (χ3n) is 3.55. The average molecular weight is 410 g/mol. The first kappa shape index (κ1) is 20.8. The second kappa shape index (κ2) is 9.47. The van der Waals surface area contributed by atoms with E-state index in [9.17, 15) is 18.8 Å². The van der Waals surface area contributed by atoms with Crippen LogP contribution in [0.3, 0.4) is 0 Å². The fourth-order valence-corrected chi connectivity index (χ4v) is 4.35. The lowest BCUT2D eigenvalue weighted by Gasteiger charge is -2.22. The van der Waals surface area contributed by atoms with Crippen LogP contribution in [0.15, 0.2) is 28.6 Å². The number of anilines is 1. The molecule has 0 aliphatic carbocycles. The molecule has 1 aromatic carbocycles. The van der Waals surface area contributed by atoms with Crippen LogP contribution in [0.4, 0.5) is 10.1 Å². The maximum Gasteiger partial charge on any atom is 0.237 e. The van der Waals surface area contributed by atoms with Crippen molar-refractivity contribution in [1.29, 1.82) is 0 Å². The normalized spacial score (nSPS) is 10.6. The molecule has 1 heterocycles. The highest BCUT2D eigenvalue weighted by molar-refractivity contribution is 8.01. The predicted octanol–water partition coefficient (Wildman–Crippen LogP) is 1.62. The first-order valence-corrected chi connectivity index (χ1v) is 9.78. The van der Waals surface area contributed by atoms with E-state index in [2.05, 4.69) is 4.98 Å². The zero-order valence-corrected chi connectivity index (χ0v) is 16.2. The monoisotopic (exact) mass is 410 g/mol. The lowest BCUT2D eigenvalue weighted by atomic mass is 10.2. The van der Waals surface area contributed by atoms with Crippen molar-refractivity contribution in [2.75, 3.05) is 17.2 Å². The van der Waals surface area contributed by atoms with E-state index < -0.39 is 17.6 Å². The molecule has 2 rings (SSSR count). The second-order valence-corrected chi connectivity index (χ2v) is 7.96. The molecular formula is C17H19FN4O3S2. The lowest BCUT2D eigenvalue weighted by Crippen LogP contribution is -2.35. The first-order valence-electron chi connectivity index (χ1n) is 7.98. The van der Waals surface area contributed by atoms with Gasteiger partial charge in [0.05, 0.1) is 17.9 Å². The molecule has 4 N–H and O–H groups in total. The van der Waals surface area contributed by atoms with Gasteiger partial charge in [0, 0.05) is 23.5 Å². The number of hydrogen-bond donors (Lipinski definition) is 2. The van der Waals surface area contributed by atoms with Crippen LogP contribution in [0.2, 0.25) is 0 Å². The number of nitrogens with zero attached hydrogens (tertiary/aromatic N) is 2. The number of amides is 3. The Labute approximate surface area is 163 Å². The molecule has 0 aliphatic rings. The van der Waals surface area contributed by atoms with Gasteiger partial charge < -0.3 is 16.4 Å². The van der Waals surface area contributed by atoms with E-state index in [1.165, 1.54) is 52.3 Å². The minimum absolute atomic E-state index is 0.00704. The summed E-state index contributed by atoms with van der Waals surface area (Å²) in [6.45, 7) is 1.88. The van der Waals surface area contributed by atoms with E-state index >= 15 is 0 Å². The summed E-state index contributed by atoms with van der Waals surface area (Å²) in [6.07, 6.45) is 0.102. The Hall–Kier alpha value is -2.46. The summed E-state index contributed by atoms with van der Waals surface area (Å²) < 4.78 is 13.8. The molecule has 7 nitrogen and oxygen atoms in total. The molecule has 0 aliphatic heterocycles. The van der Waals surface area contributed by atoms with Gasteiger partial charge in [-0.3, -0.25) is 14.4 Å². The largest absolute Gasteiger partial charge is 0.370 e. The third-order valence-corrected chi connectivity index (χ3v) is 5.83. The van der Waals surface area contributed by atoms with Gasteiger partial charge in [0.25, 0.3) is 0 Å². The Kier molecular flexibility index (Phi) is 7.31. The number of thioether (sulfide) groups is 1. The van der Waals surface area contributed by atoms with Crippen LogP contribution in [0, 0.1) is 12.7 Å². The van der Waals surface area contributed by atoms with Gasteiger partial charge >= 0.3 is 0 Å². The van der Waals surface area contributed by atoms with Gasteiger partial charge in [-0.05, 0) is 31.2 Å². The highest BCUT2D eigenvalue weighted by atomic mass is 32.2. The molecule has 10 heteroatoms. The zero-order valence-electron chi connectivity index (χ0n) is 14.6. The number of carbonyl (C=O) groups excluding carboxylic acids is 3. The summed E-state index contributed by atoms with van der Waals surface area (Å²) in [4.78, 5) is 41.3. The maximum absolute atomic E-state index is 13.1. The number of hydrogen-bond acceptors (Lipinski definition) is 6. The fraction of sp³-hybridized carbons (Fsp3) is 0.294. The molecule has 0 atom stereocenters. The standard InChI is InChI=1S/C17H19FN4O3S2/c1-10-13(8-15(20)24)27-17(21-10)26-9-16(25)22(7-6-14(19)23)12-4-2-11(18)3-5-12/h2-5H,6-9H2,1H3,(H2,19,23)(H2,20,24). The SMILES string of the molecule is Cc1nc(SCC(=O)N(CCC(N)=O)c2ccc(F)cc2)sc1CC(N)=O. The Morgan fingerprint density at radius 2 is 1.85 bits per heavy atom. The second-order valence-electron chi connectivity index (χ2n) is 5.66. The molecule has 0 bridgehead atoms. The molecule has 27 heavy (non-hydrogen) atoms. The average Bonchev–Trinajstić information content (AvgIpc) is 2.93. The van der Waals surface area contributed by atoms with Crippen LogP contribution in [-0.4, -0.2) is 35.0 Å². The van der Waals surface area contributed by atoms with Crippen molar-refractivity contribution < 1.29 is 18.8 Å². The Morgan fingerprint density at radius 1 is 1.19 bits per heavy atom. The molecule has 2 aromatic rings. The van der Waals surface area contributed by atoms with Gasteiger partial charge in [-0.1, -0.05) is 11.8 Å². The summed E-state index contributed by atoms with van der Waals surface area (Å²) in [7, 11) is 0. The number of aromatic nitrogens is 1. The number of aryl methyl sites for hydroxylation is 1. The van der Waals surface area contributed by atoms with Crippen molar-refractivity contribution in [1.82, 2.24) is 4.98 Å². The quantitative estimate of drug-likeness (QED) is 0.609. The molecule has 0 saturated carbocycles. The van der Waals surface area contributed by atoms with E-state index in [0.29, 0.717) is 15.7 Å². The molecule has 0 radical (unpaired) electrons. The molecule has 144 valence electrons. The van der Waals surface area contributed by atoms with Crippen LogP contribution in [0.25, 0.3) is 0 Å². The smallest absolute Gasteiger partial charge is 0.237 e. The molecule has 0 fully saturated rings. The van der Waals surface area contributed by atoms with Crippen molar-refractivity contribution in [3.8, 4) is 0 Å². The van der Waals surface area contributed by atoms with Crippen LogP contribution in [-0.2, 0) is 20.8 Å². The summed E-state index contributed by atoms with van der Waals surface area (Å²) in [5, 5.41) is 0. The molecular weight excluding hydrogens is 391 g/mol. The zero-order chi connectivity index (χ0) is 20.0. The van der Waals surface area contributed by atoms with E-state index in [1.54, 1.807) is 6.92 Å².